The minimum Gasteiger partial charge on any atom is -0.479 e. The molecule has 0 unspecified atom stereocenters. The van der Waals surface area contributed by atoms with Gasteiger partial charge in [-0.15, -0.1) is 0 Å². The number of ether oxygens (including phenoxy) is 2. The number of rotatable bonds is 7. The Morgan fingerprint density at radius 3 is 2.86 bits per heavy atom. The van der Waals surface area contributed by atoms with Crippen molar-refractivity contribution in [3.8, 4) is 22.8 Å². The molecular formula is C25H33FN6O3. The third-order valence-corrected chi connectivity index (χ3v) is 6.63. The van der Waals surface area contributed by atoms with Gasteiger partial charge in [-0.05, 0) is 39.2 Å². The summed E-state index contributed by atoms with van der Waals surface area (Å²) in [6.07, 6.45) is 7.98. The number of pyridine rings is 1. The lowest BCUT2D eigenvalue weighted by Crippen LogP contribution is -2.37. The van der Waals surface area contributed by atoms with E-state index in [4.69, 9.17) is 14.6 Å². The topological polar surface area (TPSA) is 90.5 Å². The summed E-state index contributed by atoms with van der Waals surface area (Å²) in [6.45, 7) is 8.36. The van der Waals surface area contributed by atoms with Gasteiger partial charge in [-0.2, -0.15) is 10.2 Å². The maximum Gasteiger partial charge on any atom is 0.250 e. The molecule has 5 heterocycles. The second-order valence-corrected chi connectivity index (χ2v) is 10.1. The summed E-state index contributed by atoms with van der Waals surface area (Å²) in [7, 11) is 1.40. The molecule has 2 aliphatic heterocycles. The van der Waals surface area contributed by atoms with E-state index in [1.165, 1.54) is 13.2 Å². The Hall–Kier alpha value is -2.82. The van der Waals surface area contributed by atoms with Gasteiger partial charge in [0.15, 0.2) is 5.82 Å². The lowest BCUT2D eigenvalue weighted by Gasteiger charge is -2.25. The predicted molar refractivity (Wildman–Crippen MR) is 128 cm³/mol. The highest BCUT2D eigenvalue weighted by atomic mass is 19.1. The quantitative estimate of drug-likeness (QED) is 0.551. The summed E-state index contributed by atoms with van der Waals surface area (Å²) in [6, 6.07) is 1.40. The lowest BCUT2D eigenvalue weighted by atomic mass is 10.0. The molecule has 0 aliphatic carbocycles. The second-order valence-electron chi connectivity index (χ2n) is 10.1. The number of halogens is 1. The van der Waals surface area contributed by atoms with Crippen LogP contribution in [-0.4, -0.2) is 80.1 Å². The van der Waals surface area contributed by atoms with E-state index in [0.717, 1.165) is 55.0 Å². The first-order valence-electron chi connectivity index (χ1n) is 12.2. The van der Waals surface area contributed by atoms with Crippen molar-refractivity contribution in [1.82, 2.24) is 29.4 Å². The molecule has 2 aliphatic rings. The van der Waals surface area contributed by atoms with E-state index in [1.54, 1.807) is 10.9 Å². The van der Waals surface area contributed by atoms with E-state index < -0.39 is 11.4 Å². The first-order valence-corrected chi connectivity index (χ1v) is 12.2. The molecule has 0 saturated carbocycles. The summed E-state index contributed by atoms with van der Waals surface area (Å²) in [5.41, 5.74) is 3.78. The van der Waals surface area contributed by atoms with Gasteiger partial charge in [0.05, 0.1) is 55.4 Å². The van der Waals surface area contributed by atoms with Gasteiger partial charge in [0, 0.05) is 49.4 Å². The second kappa shape index (κ2) is 9.67. The summed E-state index contributed by atoms with van der Waals surface area (Å²) in [5, 5.41) is 19.6. The number of hydrogen-bond donors (Lipinski definition) is 1. The van der Waals surface area contributed by atoms with Gasteiger partial charge in [-0.25, -0.2) is 14.1 Å². The zero-order valence-electron chi connectivity index (χ0n) is 20.6. The maximum atomic E-state index is 14.4. The van der Waals surface area contributed by atoms with Crippen molar-refractivity contribution in [2.45, 2.75) is 45.3 Å². The number of hydrogen-bond acceptors (Lipinski definition) is 7. The third-order valence-electron chi connectivity index (χ3n) is 6.63. The molecule has 1 fully saturated rings. The van der Waals surface area contributed by atoms with Crippen LogP contribution >= 0.6 is 0 Å². The Bertz CT molecular complexity index is 1180. The number of likely N-dealkylation sites (tertiary alicyclic amines) is 1. The molecule has 1 atom stereocenters. The van der Waals surface area contributed by atoms with Gasteiger partial charge >= 0.3 is 0 Å². The van der Waals surface area contributed by atoms with E-state index in [2.05, 4.69) is 15.0 Å². The van der Waals surface area contributed by atoms with E-state index in [9.17, 15) is 9.50 Å². The van der Waals surface area contributed by atoms with Gasteiger partial charge in [-0.1, -0.05) is 0 Å². The van der Waals surface area contributed by atoms with Gasteiger partial charge in [0.25, 0.3) is 0 Å². The van der Waals surface area contributed by atoms with E-state index in [0.29, 0.717) is 37.8 Å². The Morgan fingerprint density at radius 1 is 1.26 bits per heavy atom. The van der Waals surface area contributed by atoms with Crippen LogP contribution in [0.5, 0.6) is 5.88 Å². The zero-order chi connectivity index (χ0) is 24.6. The van der Waals surface area contributed by atoms with E-state index >= 15 is 0 Å². The summed E-state index contributed by atoms with van der Waals surface area (Å²) < 4.78 is 28.9. The molecule has 0 spiro atoms. The monoisotopic (exact) mass is 484 g/mol. The van der Waals surface area contributed by atoms with Crippen LogP contribution in [0.15, 0.2) is 24.7 Å². The molecule has 5 rings (SSSR count). The van der Waals surface area contributed by atoms with Crippen LogP contribution in [-0.2, 0) is 24.1 Å². The van der Waals surface area contributed by atoms with Crippen molar-refractivity contribution in [3.05, 3.63) is 41.7 Å². The number of nitrogens with zero attached hydrogens (tertiary/aromatic N) is 6. The summed E-state index contributed by atoms with van der Waals surface area (Å²) in [5.74, 6) is -0.0740. The number of aromatic nitrogens is 5. The van der Waals surface area contributed by atoms with Crippen molar-refractivity contribution >= 4 is 0 Å². The molecule has 188 valence electrons. The molecule has 9 nitrogen and oxygen atoms in total. The first-order chi connectivity index (χ1) is 16.8. The van der Waals surface area contributed by atoms with Crippen molar-refractivity contribution < 1.29 is 19.0 Å². The fourth-order valence-corrected chi connectivity index (χ4v) is 5.18. The number of β-amino-alcohol motifs (C(OH)–C–C–N with tert-alkyl or cyclic N) is 1. The van der Waals surface area contributed by atoms with Crippen molar-refractivity contribution in [2.75, 3.05) is 40.0 Å². The lowest BCUT2D eigenvalue weighted by molar-refractivity contribution is 0.0426. The van der Waals surface area contributed by atoms with Gasteiger partial charge in [0.2, 0.25) is 5.88 Å². The molecule has 3 aromatic heterocycles. The van der Waals surface area contributed by atoms with Crippen LogP contribution in [0.25, 0.3) is 16.9 Å². The number of fused-ring (bicyclic) bond motifs is 1. The smallest absolute Gasteiger partial charge is 0.250 e. The molecule has 1 N–H and O–H groups in total. The molecule has 0 amide bonds. The molecule has 35 heavy (non-hydrogen) atoms. The van der Waals surface area contributed by atoms with Crippen LogP contribution in [0.4, 0.5) is 4.39 Å². The van der Waals surface area contributed by atoms with Crippen LogP contribution < -0.4 is 4.74 Å². The molecule has 0 aromatic carbocycles. The van der Waals surface area contributed by atoms with Crippen molar-refractivity contribution in [3.63, 3.8) is 0 Å². The number of aliphatic hydroxyl groups is 1. The van der Waals surface area contributed by atoms with Crippen molar-refractivity contribution in [1.29, 1.82) is 0 Å². The molecule has 10 heteroatoms. The molecule has 0 bridgehead atoms. The highest BCUT2D eigenvalue weighted by molar-refractivity contribution is 5.64. The Balaban J connectivity index is 1.39. The van der Waals surface area contributed by atoms with Gasteiger partial charge in [-0.3, -0.25) is 4.68 Å². The molecule has 3 aromatic rings. The fraction of sp³-hybridized carbons (Fsp3) is 0.560. The minimum atomic E-state index is -0.684. The zero-order valence-corrected chi connectivity index (χ0v) is 20.6. The SMILES string of the molecule is COc1ncc(-n2nc(-c3cnn(C[C@@H]4CCN(CC(C)(C)O)C4)c3)c3c2CCOCC3)cc1F. The molecule has 1 saturated heterocycles. The van der Waals surface area contributed by atoms with Crippen LogP contribution in [0.3, 0.4) is 0 Å². The van der Waals surface area contributed by atoms with Gasteiger partial charge in [0.1, 0.15) is 0 Å². The summed E-state index contributed by atoms with van der Waals surface area (Å²) in [4.78, 5) is 6.41. The average molecular weight is 485 g/mol. The van der Waals surface area contributed by atoms with E-state index in [1.807, 2.05) is 30.9 Å². The van der Waals surface area contributed by atoms with Gasteiger partial charge < -0.3 is 19.5 Å². The highest BCUT2D eigenvalue weighted by Gasteiger charge is 2.28. The van der Waals surface area contributed by atoms with E-state index in [-0.39, 0.29) is 5.88 Å². The minimum absolute atomic E-state index is 0.0372. The Kier molecular flexibility index (Phi) is 6.61. The third kappa shape index (κ3) is 5.24. The molecule has 0 radical (unpaired) electrons. The Labute approximate surface area is 204 Å². The first kappa shape index (κ1) is 23.9. The fourth-order valence-electron chi connectivity index (χ4n) is 5.18. The summed E-state index contributed by atoms with van der Waals surface area (Å²) >= 11 is 0. The van der Waals surface area contributed by atoms with Crippen LogP contribution in [0.1, 0.15) is 31.5 Å². The standard InChI is InChI=1S/C25H33FN6O3/c1-25(2,33)16-30-7-4-17(13-30)14-31-15-18(11-28-31)23-20-5-8-35-9-6-22(20)32(29-23)19-10-21(26)24(34-3)27-12-19/h10-12,15,17,33H,4-9,13-14,16H2,1-3H3/t17-/m1/s1. The highest BCUT2D eigenvalue weighted by Crippen LogP contribution is 2.31. The predicted octanol–water partition coefficient (Wildman–Crippen LogP) is 2.49. The normalized spacial score (nSPS) is 19.1. The largest absolute Gasteiger partial charge is 0.479 e. The maximum absolute atomic E-state index is 14.4. The molecular weight excluding hydrogens is 451 g/mol. The number of methoxy groups -OCH3 is 1. The Morgan fingerprint density at radius 2 is 2.09 bits per heavy atom. The van der Waals surface area contributed by atoms with Crippen LogP contribution in [0, 0.1) is 11.7 Å². The van der Waals surface area contributed by atoms with Crippen LogP contribution in [0.2, 0.25) is 0 Å². The average Bonchev–Trinajstić information content (AvgIpc) is 3.48. The van der Waals surface area contributed by atoms with Crippen molar-refractivity contribution in [2.24, 2.45) is 5.92 Å².